The molecule has 1 aliphatic heterocycles. The van der Waals surface area contributed by atoms with Crippen molar-refractivity contribution in [2.24, 2.45) is 0 Å². The van der Waals surface area contributed by atoms with E-state index >= 15 is 0 Å². The molecule has 4 rings (SSSR count). The number of likely N-dealkylation sites (N-methyl/N-ethyl adjacent to an activating group) is 1. The van der Waals surface area contributed by atoms with E-state index in [-0.39, 0.29) is 23.6 Å². The van der Waals surface area contributed by atoms with Crippen LogP contribution in [0.15, 0.2) is 42.7 Å². The van der Waals surface area contributed by atoms with Crippen molar-refractivity contribution in [1.29, 1.82) is 0 Å². The van der Waals surface area contributed by atoms with Crippen molar-refractivity contribution in [3.63, 3.8) is 0 Å². The Kier molecular flexibility index (Phi) is 4.79. The summed E-state index contributed by atoms with van der Waals surface area (Å²) in [6.45, 7) is 3.03. The standard InChI is InChI=1S/C20H22N6O3/c1-13(14-11-21-26(12-14)15-4-6-16(29-3)7-5-15)22-19(27)17-10-18-20(28)24(2)8-9-25(18)23-17/h4-7,10-13H,8-9H2,1-3H3,(H,22,27). The second kappa shape index (κ2) is 7.42. The van der Waals surface area contributed by atoms with Crippen LogP contribution in [0, 0.1) is 0 Å². The van der Waals surface area contributed by atoms with Gasteiger partial charge < -0.3 is 15.0 Å². The third kappa shape index (κ3) is 3.58. The molecule has 3 aromatic rings. The summed E-state index contributed by atoms with van der Waals surface area (Å²) in [7, 11) is 3.36. The topological polar surface area (TPSA) is 94.3 Å². The lowest BCUT2D eigenvalue weighted by Crippen LogP contribution is -2.37. The molecule has 9 heteroatoms. The molecule has 1 atom stereocenters. The van der Waals surface area contributed by atoms with Gasteiger partial charge in [0.2, 0.25) is 0 Å². The fraction of sp³-hybridized carbons (Fsp3) is 0.300. The number of hydrogen-bond donors (Lipinski definition) is 1. The van der Waals surface area contributed by atoms with Crippen LogP contribution in [0.2, 0.25) is 0 Å². The molecule has 9 nitrogen and oxygen atoms in total. The molecule has 2 aromatic heterocycles. The average Bonchev–Trinajstić information content (AvgIpc) is 3.39. The van der Waals surface area contributed by atoms with Gasteiger partial charge in [-0.15, -0.1) is 0 Å². The lowest BCUT2D eigenvalue weighted by Gasteiger charge is -2.22. The quantitative estimate of drug-likeness (QED) is 0.710. The summed E-state index contributed by atoms with van der Waals surface area (Å²) >= 11 is 0. The van der Waals surface area contributed by atoms with Gasteiger partial charge in [0.1, 0.15) is 11.4 Å². The molecular formula is C20H22N6O3. The van der Waals surface area contributed by atoms with Gasteiger partial charge in [-0.2, -0.15) is 10.2 Å². The third-order valence-corrected chi connectivity index (χ3v) is 5.01. The Labute approximate surface area is 167 Å². The summed E-state index contributed by atoms with van der Waals surface area (Å²) < 4.78 is 8.49. The molecule has 150 valence electrons. The zero-order valence-corrected chi connectivity index (χ0v) is 16.5. The summed E-state index contributed by atoms with van der Waals surface area (Å²) in [6, 6.07) is 8.81. The lowest BCUT2D eigenvalue weighted by atomic mass is 10.2. The van der Waals surface area contributed by atoms with E-state index in [0.29, 0.717) is 18.8 Å². The van der Waals surface area contributed by atoms with Crippen molar-refractivity contribution in [2.75, 3.05) is 20.7 Å². The van der Waals surface area contributed by atoms with Gasteiger partial charge in [0.15, 0.2) is 5.69 Å². The van der Waals surface area contributed by atoms with Gasteiger partial charge in [-0.1, -0.05) is 0 Å². The Morgan fingerprint density at radius 3 is 2.72 bits per heavy atom. The smallest absolute Gasteiger partial charge is 0.272 e. The van der Waals surface area contributed by atoms with E-state index in [1.165, 1.54) is 0 Å². The highest BCUT2D eigenvalue weighted by Gasteiger charge is 2.26. The summed E-state index contributed by atoms with van der Waals surface area (Å²) in [5, 5.41) is 11.6. The molecule has 1 N–H and O–H groups in total. The van der Waals surface area contributed by atoms with Crippen molar-refractivity contribution < 1.29 is 14.3 Å². The minimum absolute atomic E-state index is 0.128. The summed E-state index contributed by atoms with van der Waals surface area (Å²) in [6.07, 6.45) is 3.58. The highest BCUT2D eigenvalue weighted by Crippen LogP contribution is 2.18. The Morgan fingerprint density at radius 1 is 1.24 bits per heavy atom. The first-order valence-corrected chi connectivity index (χ1v) is 9.29. The number of nitrogens with one attached hydrogen (secondary N) is 1. The summed E-state index contributed by atoms with van der Waals surface area (Å²) in [4.78, 5) is 26.4. The first kappa shape index (κ1) is 18.7. The van der Waals surface area contributed by atoms with Gasteiger partial charge in [0.25, 0.3) is 11.8 Å². The third-order valence-electron chi connectivity index (χ3n) is 5.01. The molecule has 0 bridgehead atoms. The largest absolute Gasteiger partial charge is 0.497 e. The number of fused-ring (bicyclic) bond motifs is 1. The van der Waals surface area contributed by atoms with E-state index in [4.69, 9.17) is 4.74 Å². The minimum Gasteiger partial charge on any atom is -0.497 e. The predicted molar refractivity (Wildman–Crippen MR) is 105 cm³/mol. The van der Waals surface area contributed by atoms with Crippen LogP contribution >= 0.6 is 0 Å². The Balaban J connectivity index is 1.46. The molecule has 29 heavy (non-hydrogen) atoms. The molecular weight excluding hydrogens is 372 g/mol. The van der Waals surface area contributed by atoms with Gasteiger partial charge in [-0.25, -0.2) is 4.68 Å². The predicted octanol–water partition coefficient (Wildman–Crippen LogP) is 1.65. The average molecular weight is 394 g/mol. The molecule has 0 radical (unpaired) electrons. The zero-order chi connectivity index (χ0) is 20.5. The number of amides is 2. The van der Waals surface area contributed by atoms with Crippen LogP contribution in [-0.2, 0) is 6.54 Å². The number of carbonyl (C=O) groups excluding carboxylic acids is 2. The highest BCUT2D eigenvalue weighted by atomic mass is 16.5. The van der Waals surface area contributed by atoms with Crippen LogP contribution in [0.25, 0.3) is 5.69 Å². The van der Waals surface area contributed by atoms with Crippen molar-refractivity contribution in [2.45, 2.75) is 19.5 Å². The van der Waals surface area contributed by atoms with Gasteiger partial charge in [-0.3, -0.25) is 14.3 Å². The molecule has 1 unspecified atom stereocenters. The Hall–Kier alpha value is -3.62. The fourth-order valence-electron chi connectivity index (χ4n) is 3.20. The Bertz CT molecular complexity index is 1050. The molecule has 0 saturated heterocycles. The van der Waals surface area contributed by atoms with Crippen LogP contribution in [-0.4, -0.2) is 57.0 Å². The SMILES string of the molecule is COc1ccc(-n2cc(C(C)NC(=O)c3cc4n(n3)CCN(C)C4=O)cn2)cc1. The van der Waals surface area contributed by atoms with Gasteiger partial charge in [0, 0.05) is 31.4 Å². The van der Waals surface area contributed by atoms with E-state index in [2.05, 4.69) is 15.5 Å². The van der Waals surface area contributed by atoms with Crippen LogP contribution in [0.3, 0.4) is 0 Å². The van der Waals surface area contributed by atoms with Crippen molar-refractivity contribution in [3.8, 4) is 11.4 Å². The molecule has 1 aromatic carbocycles. The Morgan fingerprint density at radius 2 is 2.00 bits per heavy atom. The lowest BCUT2D eigenvalue weighted by molar-refractivity contribution is 0.0742. The molecule has 1 aliphatic rings. The van der Waals surface area contributed by atoms with E-state index in [1.807, 2.05) is 37.4 Å². The van der Waals surface area contributed by atoms with E-state index in [0.717, 1.165) is 17.0 Å². The van der Waals surface area contributed by atoms with Crippen molar-refractivity contribution in [1.82, 2.24) is 29.8 Å². The van der Waals surface area contributed by atoms with E-state index < -0.39 is 0 Å². The van der Waals surface area contributed by atoms with E-state index in [1.54, 1.807) is 40.7 Å². The van der Waals surface area contributed by atoms with Crippen molar-refractivity contribution >= 4 is 11.8 Å². The normalized spacial score (nSPS) is 14.4. The van der Waals surface area contributed by atoms with Crippen LogP contribution in [0.5, 0.6) is 5.75 Å². The number of carbonyl (C=O) groups is 2. The van der Waals surface area contributed by atoms with Gasteiger partial charge in [-0.05, 0) is 31.2 Å². The summed E-state index contributed by atoms with van der Waals surface area (Å²) in [5.74, 6) is 0.317. The maximum absolute atomic E-state index is 12.6. The molecule has 0 fully saturated rings. The maximum Gasteiger partial charge on any atom is 0.272 e. The highest BCUT2D eigenvalue weighted by molar-refractivity contribution is 5.98. The molecule has 0 saturated carbocycles. The second-order valence-electron chi connectivity index (χ2n) is 6.98. The van der Waals surface area contributed by atoms with E-state index in [9.17, 15) is 9.59 Å². The van der Waals surface area contributed by atoms with Gasteiger partial charge in [0.05, 0.1) is 31.6 Å². The molecule has 2 amide bonds. The van der Waals surface area contributed by atoms with Crippen LogP contribution in [0.1, 0.15) is 39.5 Å². The summed E-state index contributed by atoms with van der Waals surface area (Å²) in [5.41, 5.74) is 2.41. The van der Waals surface area contributed by atoms with Crippen molar-refractivity contribution in [3.05, 3.63) is 59.7 Å². The maximum atomic E-state index is 12.6. The van der Waals surface area contributed by atoms with Crippen LogP contribution < -0.4 is 10.1 Å². The number of nitrogens with zero attached hydrogens (tertiary/aromatic N) is 5. The van der Waals surface area contributed by atoms with Crippen LogP contribution in [0.4, 0.5) is 0 Å². The molecule has 0 spiro atoms. The number of hydrogen-bond acceptors (Lipinski definition) is 5. The zero-order valence-electron chi connectivity index (χ0n) is 16.5. The number of rotatable bonds is 5. The molecule has 0 aliphatic carbocycles. The number of aromatic nitrogens is 4. The first-order chi connectivity index (χ1) is 14.0. The second-order valence-corrected chi connectivity index (χ2v) is 6.98. The first-order valence-electron chi connectivity index (χ1n) is 9.29. The molecule has 3 heterocycles. The number of ether oxygens (including phenoxy) is 1. The number of methoxy groups -OCH3 is 1. The number of benzene rings is 1. The minimum atomic E-state index is -0.327. The van der Waals surface area contributed by atoms with Gasteiger partial charge >= 0.3 is 0 Å². The monoisotopic (exact) mass is 394 g/mol. The fourth-order valence-corrected chi connectivity index (χ4v) is 3.20.